The van der Waals surface area contributed by atoms with Gasteiger partial charge in [0.1, 0.15) is 0 Å². The molecule has 0 saturated carbocycles. The molecule has 2 heterocycles. The largest absolute Gasteiger partial charge is 0.334 e. The smallest absolute Gasteiger partial charge is 0.318 e. The highest BCUT2D eigenvalue weighted by molar-refractivity contribution is 5.74. The lowest BCUT2D eigenvalue weighted by molar-refractivity contribution is 0.154. The molecule has 0 spiro atoms. The molecular weight excluding hydrogens is 300 g/mol. The van der Waals surface area contributed by atoms with Gasteiger partial charge in [0, 0.05) is 32.2 Å². The number of urea groups is 1. The molecule has 0 aromatic heterocycles. The number of likely N-dealkylation sites (tertiary alicyclic amines) is 1. The van der Waals surface area contributed by atoms with E-state index in [2.05, 4.69) is 32.6 Å². The Labute approximate surface area is 145 Å². The molecule has 24 heavy (non-hydrogen) atoms. The minimum Gasteiger partial charge on any atom is -0.334 e. The third kappa shape index (κ3) is 4.95. The highest BCUT2D eigenvalue weighted by Crippen LogP contribution is 2.12. The van der Waals surface area contributed by atoms with Crippen molar-refractivity contribution in [3.8, 4) is 0 Å². The molecule has 3 rings (SSSR count). The lowest BCUT2D eigenvalue weighted by Crippen LogP contribution is -2.50. The van der Waals surface area contributed by atoms with Crippen molar-refractivity contribution in [2.75, 3.05) is 39.3 Å². The number of piperidine rings is 1. The van der Waals surface area contributed by atoms with Crippen molar-refractivity contribution in [1.82, 2.24) is 20.4 Å². The van der Waals surface area contributed by atoms with E-state index >= 15 is 0 Å². The van der Waals surface area contributed by atoms with E-state index in [1.807, 2.05) is 18.2 Å². The summed E-state index contributed by atoms with van der Waals surface area (Å²) in [6.45, 7) is 6.71. The van der Waals surface area contributed by atoms with Gasteiger partial charge in [0.05, 0.1) is 0 Å². The van der Waals surface area contributed by atoms with Crippen LogP contribution in [0.4, 0.5) is 4.79 Å². The Hall–Kier alpha value is -1.59. The summed E-state index contributed by atoms with van der Waals surface area (Å²) in [5, 5.41) is 6.49. The quantitative estimate of drug-likeness (QED) is 0.839. The van der Waals surface area contributed by atoms with Crippen LogP contribution in [0.25, 0.3) is 0 Å². The van der Waals surface area contributed by atoms with Crippen LogP contribution < -0.4 is 10.6 Å². The Balaban J connectivity index is 1.53. The molecule has 2 aliphatic heterocycles. The number of nitrogens with zero attached hydrogens (tertiary/aromatic N) is 2. The number of hydrogen-bond donors (Lipinski definition) is 2. The van der Waals surface area contributed by atoms with Gasteiger partial charge in [-0.3, -0.25) is 0 Å². The summed E-state index contributed by atoms with van der Waals surface area (Å²) in [4.78, 5) is 17.3. The van der Waals surface area contributed by atoms with E-state index < -0.39 is 0 Å². The van der Waals surface area contributed by atoms with Gasteiger partial charge < -0.3 is 20.4 Å². The molecule has 2 fully saturated rings. The summed E-state index contributed by atoms with van der Waals surface area (Å²) in [5.74, 6) is 0. The number of rotatable bonds is 6. The first-order valence-electron chi connectivity index (χ1n) is 9.34. The monoisotopic (exact) mass is 330 g/mol. The predicted octanol–water partition coefficient (Wildman–Crippen LogP) is 2.05. The maximum atomic E-state index is 12.7. The van der Waals surface area contributed by atoms with Gasteiger partial charge in [-0.1, -0.05) is 36.8 Å². The van der Waals surface area contributed by atoms with E-state index in [-0.39, 0.29) is 6.03 Å². The third-order valence-electron chi connectivity index (χ3n) is 5.13. The van der Waals surface area contributed by atoms with Gasteiger partial charge in [-0.2, -0.15) is 0 Å². The van der Waals surface area contributed by atoms with E-state index in [9.17, 15) is 4.79 Å². The fourth-order valence-electron chi connectivity index (χ4n) is 3.66. The van der Waals surface area contributed by atoms with Gasteiger partial charge >= 0.3 is 6.03 Å². The van der Waals surface area contributed by atoms with Gasteiger partial charge in [0.15, 0.2) is 0 Å². The normalized spacial score (nSPS) is 21.6. The van der Waals surface area contributed by atoms with Crippen molar-refractivity contribution in [1.29, 1.82) is 0 Å². The average molecular weight is 330 g/mol. The van der Waals surface area contributed by atoms with E-state index in [1.165, 1.54) is 32.4 Å². The summed E-state index contributed by atoms with van der Waals surface area (Å²) in [6, 6.07) is 10.5. The van der Waals surface area contributed by atoms with Crippen LogP contribution in [0.1, 0.15) is 31.2 Å². The zero-order valence-electron chi connectivity index (χ0n) is 14.5. The lowest BCUT2D eigenvalue weighted by atomic mass is 10.1. The minimum absolute atomic E-state index is 0.0737. The molecule has 2 saturated heterocycles. The van der Waals surface area contributed by atoms with Crippen LogP contribution >= 0.6 is 0 Å². The second-order valence-corrected chi connectivity index (χ2v) is 6.89. The third-order valence-corrected chi connectivity index (χ3v) is 5.13. The van der Waals surface area contributed by atoms with Crippen LogP contribution in [-0.2, 0) is 6.54 Å². The maximum Gasteiger partial charge on any atom is 0.318 e. The molecule has 0 radical (unpaired) electrons. The number of carbonyl (C=O) groups is 1. The first kappa shape index (κ1) is 17.2. The number of hydrogen-bond acceptors (Lipinski definition) is 3. The Bertz CT molecular complexity index is 495. The van der Waals surface area contributed by atoms with Gasteiger partial charge in [0.25, 0.3) is 0 Å². The van der Waals surface area contributed by atoms with Gasteiger partial charge in [-0.25, -0.2) is 4.79 Å². The summed E-state index contributed by atoms with van der Waals surface area (Å²) < 4.78 is 0. The molecule has 2 amide bonds. The van der Waals surface area contributed by atoms with Crippen LogP contribution in [0.5, 0.6) is 0 Å². The van der Waals surface area contributed by atoms with Gasteiger partial charge in [-0.05, 0) is 44.5 Å². The van der Waals surface area contributed by atoms with E-state index in [4.69, 9.17) is 0 Å². The van der Waals surface area contributed by atoms with Crippen molar-refractivity contribution in [3.63, 3.8) is 0 Å². The van der Waals surface area contributed by atoms with Crippen LogP contribution in [0.15, 0.2) is 30.3 Å². The number of amides is 2. The van der Waals surface area contributed by atoms with Crippen LogP contribution in [-0.4, -0.2) is 61.1 Å². The highest BCUT2D eigenvalue weighted by atomic mass is 16.2. The Kier molecular flexibility index (Phi) is 6.49. The Morgan fingerprint density at radius 3 is 2.71 bits per heavy atom. The summed E-state index contributed by atoms with van der Waals surface area (Å²) in [6.07, 6.45) is 5.00. The van der Waals surface area contributed by atoms with Crippen LogP contribution in [0.2, 0.25) is 0 Å². The minimum atomic E-state index is 0.0737. The molecule has 2 N–H and O–H groups in total. The SMILES string of the molecule is O=C(NCc1ccccc1)N(CCN1CCCCC1)C1CCNC1. The van der Waals surface area contributed by atoms with Gasteiger partial charge in [-0.15, -0.1) is 0 Å². The predicted molar refractivity (Wildman–Crippen MR) is 96.9 cm³/mol. The lowest BCUT2D eigenvalue weighted by Gasteiger charge is -2.33. The first-order chi connectivity index (χ1) is 11.8. The van der Waals surface area contributed by atoms with E-state index in [0.29, 0.717) is 12.6 Å². The van der Waals surface area contributed by atoms with Crippen molar-refractivity contribution in [3.05, 3.63) is 35.9 Å². The average Bonchev–Trinajstić information content (AvgIpc) is 3.16. The topological polar surface area (TPSA) is 47.6 Å². The zero-order valence-corrected chi connectivity index (χ0v) is 14.5. The van der Waals surface area contributed by atoms with E-state index in [1.54, 1.807) is 0 Å². The number of benzene rings is 1. The number of nitrogens with one attached hydrogen (secondary N) is 2. The fraction of sp³-hybridized carbons (Fsp3) is 0.632. The molecule has 5 nitrogen and oxygen atoms in total. The molecule has 0 aliphatic carbocycles. The summed E-state index contributed by atoms with van der Waals surface area (Å²) in [7, 11) is 0. The number of carbonyl (C=O) groups excluding carboxylic acids is 1. The molecular formula is C19H30N4O. The molecule has 1 aromatic rings. The second kappa shape index (κ2) is 9.04. The highest BCUT2D eigenvalue weighted by Gasteiger charge is 2.26. The van der Waals surface area contributed by atoms with Crippen molar-refractivity contribution in [2.24, 2.45) is 0 Å². The molecule has 1 unspecified atom stereocenters. The standard InChI is InChI=1S/C19H30N4O/c24-19(21-15-17-7-3-1-4-8-17)23(18-9-10-20-16-18)14-13-22-11-5-2-6-12-22/h1,3-4,7-8,18,20H,2,5-6,9-16H2,(H,21,24). The van der Waals surface area contributed by atoms with Crippen molar-refractivity contribution >= 4 is 6.03 Å². The molecule has 132 valence electrons. The molecule has 1 aromatic carbocycles. The molecule has 2 aliphatic rings. The molecule has 5 heteroatoms. The van der Waals surface area contributed by atoms with Gasteiger partial charge in [0.2, 0.25) is 0 Å². The summed E-state index contributed by atoms with van der Waals surface area (Å²) in [5.41, 5.74) is 1.14. The second-order valence-electron chi connectivity index (χ2n) is 6.89. The van der Waals surface area contributed by atoms with E-state index in [0.717, 1.165) is 38.2 Å². The first-order valence-corrected chi connectivity index (χ1v) is 9.34. The fourth-order valence-corrected chi connectivity index (χ4v) is 3.66. The van der Waals surface area contributed by atoms with Crippen molar-refractivity contribution < 1.29 is 4.79 Å². The Morgan fingerprint density at radius 2 is 2.00 bits per heavy atom. The maximum absolute atomic E-state index is 12.7. The zero-order chi connectivity index (χ0) is 16.6. The molecule has 1 atom stereocenters. The van der Waals surface area contributed by atoms with Crippen molar-refractivity contribution in [2.45, 2.75) is 38.3 Å². The van der Waals surface area contributed by atoms with Crippen LogP contribution in [0, 0.1) is 0 Å². The molecule has 0 bridgehead atoms. The Morgan fingerprint density at radius 1 is 1.21 bits per heavy atom. The summed E-state index contributed by atoms with van der Waals surface area (Å²) >= 11 is 0. The van der Waals surface area contributed by atoms with Crippen LogP contribution in [0.3, 0.4) is 0 Å².